The Labute approximate surface area is 125 Å². The van der Waals surface area contributed by atoms with Crippen LogP contribution in [0.1, 0.15) is 11.4 Å². The molecule has 0 radical (unpaired) electrons. The van der Waals surface area contributed by atoms with E-state index in [2.05, 4.69) is 9.97 Å². The highest BCUT2D eigenvalue weighted by Gasteiger charge is 2.13. The smallest absolute Gasteiger partial charge is 0.147 e. The van der Waals surface area contributed by atoms with Crippen molar-refractivity contribution in [3.8, 4) is 0 Å². The van der Waals surface area contributed by atoms with E-state index in [4.69, 9.17) is 0 Å². The Morgan fingerprint density at radius 1 is 1.18 bits per heavy atom. The van der Waals surface area contributed by atoms with E-state index < -0.39 is 0 Å². The number of fused-ring (bicyclic) bond motifs is 2. The number of halogens is 2. The van der Waals surface area contributed by atoms with Crippen LogP contribution < -0.4 is 0 Å². The van der Waals surface area contributed by atoms with Crippen molar-refractivity contribution in [2.75, 3.05) is 0 Å². The third-order valence-electron chi connectivity index (χ3n) is 4.03. The van der Waals surface area contributed by atoms with E-state index in [1.165, 1.54) is 18.2 Å². The number of nitrogens with one attached hydrogen (secondary N) is 1. The molecule has 0 bridgehead atoms. The van der Waals surface area contributed by atoms with Crippen molar-refractivity contribution in [1.29, 1.82) is 0 Å². The Hall–Kier alpha value is -2.69. The van der Waals surface area contributed by atoms with E-state index in [-0.39, 0.29) is 11.6 Å². The third-order valence-corrected chi connectivity index (χ3v) is 4.03. The van der Waals surface area contributed by atoms with Crippen LogP contribution in [0.25, 0.3) is 21.9 Å². The number of rotatable bonds is 2. The average Bonchev–Trinajstić information content (AvgIpc) is 3.04. The standard InChI is InChI=1S/C17H13F2N3/c1-22-15-8-11(18)5-6-14(15)21-16(22)7-10-9-20-17-12(10)3-2-4-13(17)19/h2-6,8-9,20H,7H2,1H3. The highest BCUT2D eigenvalue weighted by atomic mass is 19.1. The largest absolute Gasteiger partial charge is 0.359 e. The number of nitrogens with zero attached hydrogens (tertiary/aromatic N) is 2. The van der Waals surface area contributed by atoms with Crippen LogP contribution in [0.4, 0.5) is 8.78 Å². The van der Waals surface area contributed by atoms with E-state index in [1.54, 1.807) is 18.3 Å². The minimum absolute atomic E-state index is 0.268. The summed E-state index contributed by atoms with van der Waals surface area (Å²) in [6, 6.07) is 9.55. The lowest BCUT2D eigenvalue weighted by atomic mass is 10.1. The van der Waals surface area contributed by atoms with Crippen LogP contribution in [0, 0.1) is 11.6 Å². The number of para-hydroxylation sites is 1. The lowest BCUT2D eigenvalue weighted by Crippen LogP contribution is -1.98. The molecule has 0 aliphatic carbocycles. The molecule has 0 saturated heterocycles. The molecule has 4 rings (SSSR count). The SMILES string of the molecule is Cn1c(Cc2c[nH]c3c(F)cccc23)nc2ccc(F)cc21. The molecule has 0 spiro atoms. The molecule has 0 aliphatic heterocycles. The Morgan fingerprint density at radius 3 is 2.91 bits per heavy atom. The predicted octanol–water partition coefficient (Wildman–Crippen LogP) is 3.92. The summed E-state index contributed by atoms with van der Waals surface area (Å²) in [5, 5.41) is 0.846. The van der Waals surface area contributed by atoms with Gasteiger partial charge in [-0.2, -0.15) is 0 Å². The van der Waals surface area contributed by atoms with Gasteiger partial charge in [0.2, 0.25) is 0 Å². The second-order valence-corrected chi connectivity index (χ2v) is 5.37. The van der Waals surface area contributed by atoms with Crippen molar-refractivity contribution in [3.05, 3.63) is 65.6 Å². The van der Waals surface area contributed by atoms with Gasteiger partial charge in [-0.25, -0.2) is 13.8 Å². The molecular weight excluding hydrogens is 284 g/mol. The van der Waals surface area contributed by atoms with E-state index in [1.807, 2.05) is 17.7 Å². The number of aromatic amines is 1. The number of hydrogen-bond acceptors (Lipinski definition) is 1. The first kappa shape index (κ1) is 13.0. The van der Waals surface area contributed by atoms with Gasteiger partial charge >= 0.3 is 0 Å². The zero-order valence-corrected chi connectivity index (χ0v) is 11.9. The molecular formula is C17H13F2N3. The number of hydrogen-bond donors (Lipinski definition) is 1. The molecule has 4 aromatic rings. The summed E-state index contributed by atoms with van der Waals surface area (Å²) in [5.74, 6) is 0.262. The summed E-state index contributed by atoms with van der Waals surface area (Å²) in [4.78, 5) is 7.51. The van der Waals surface area contributed by atoms with Crippen LogP contribution >= 0.6 is 0 Å². The van der Waals surface area contributed by atoms with Crippen molar-refractivity contribution in [2.45, 2.75) is 6.42 Å². The van der Waals surface area contributed by atoms with Gasteiger partial charge in [-0.15, -0.1) is 0 Å². The third kappa shape index (κ3) is 1.89. The van der Waals surface area contributed by atoms with E-state index >= 15 is 0 Å². The molecule has 5 heteroatoms. The van der Waals surface area contributed by atoms with Crippen molar-refractivity contribution >= 4 is 21.9 Å². The summed E-state index contributed by atoms with van der Waals surface area (Å²) >= 11 is 0. The van der Waals surface area contributed by atoms with Gasteiger partial charge < -0.3 is 9.55 Å². The molecule has 0 fully saturated rings. The summed E-state index contributed by atoms with van der Waals surface area (Å²) in [7, 11) is 1.86. The molecule has 110 valence electrons. The summed E-state index contributed by atoms with van der Waals surface area (Å²) < 4.78 is 29.0. The predicted molar refractivity (Wildman–Crippen MR) is 81.7 cm³/mol. The first-order valence-corrected chi connectivity index (χ1v) is 6.99. The fourth-order valence-electron chi connectivity index (χ4n) is 2.86. The maximum absolute atomic E-state index is 13.7. The van der Waals surface area contributed by atoms with Gasteiger partial charge in [0.05, 0.1) is 16.6 Å². The zero-order chi connectivity index (χ0) is 15.3. The van der Waals surface area contributed by atoms with Crippen LogP contribution in [-0.4, -0.2) is 14.5 Å². The fourth-order valence-corrected chi connectivity index (χ4v) is 2.86. The minimum Gasteiger partial charge on any atom is -0.359 e. The summed E-state index contributed by atoms with van der Waals surface area (Å²) in [6.45, 7) is 0. The number of aryl methyl sites for hydroxylation is 1. The number of imidazole rings is 1. The molecule has 2 aromatic carbocycles. The van der Waals surface area contributed by atoms with Gasteiger partial charge in [-0.05, 0) is 29.8 Å². The average molecular weight is 297 g/mol. The fraction of sp³-hybridized carbons (Fsp3) is 0.118. The van der Waals surface area contributed by atoms with Gasteiger partial charge in [0, 0.05) is 25.1 Å². The number of benzene rings is 2. The van der Waals surface area contributed by atoms with Crippen LogP contribution in [0.2, 0.25) is 0 Å². The lowest BCUT2D eigenvalue weighted by Gasteiger charge is -2.02. The monoisotopic (exact) mass is 297 g/mol. The maximum atomic E-state index is 13.7. The number of aromatic nitrogens is 3. The van der Waals surface area contributed by atoms with Gasteiger partial charge in [-0.1, -0.05) is 12.1 Å². The zero-order valence-electron chi connectivity index (χ0n) is 11.9. The second kappa shape index (κ2) is 4.66. The lowest BCUT2D eigenvalue weighted by molar-refractivity contribution is 0.628. The minimum atomic E-state index is -0.281. The van der Waals surface area contributed by atoms with Crippen molar-refractivity contribution in [1.82, 2.24) is 14.5 Å². The normalized spacial score (nSPS) is 11.6. The molecule has 0 atom stereocenters. The molecule has 0 unspecified atom stereocenters. The van der Waals surface area contributed by atoms with Crippen LogP contribution in [0.5, 0.6) is 0 Å². The molecule has 0 aliphatic rings. The molecule has 1 N–H and O–H groups in total. The Balaban J connectivity index is 1.82. The maximum Gasteiger partial charge on any atom is 0.147 e. The van der Waals surface area contributed by atoms with E-state index in [0.717, 1.165) is 27.8 Å². The first-order chi connectivity index (χ1) is 10.6. The molecule has 2 aromatic heterocycles. The molecule has 0 saturated carbocycles. The van der Waals surface area contributed by atoms with Crippen LogP contribution in [0.15, 0.2) is 42.6 Å². The second-order valence-electron chi connectivity index (χ2n) is 5.37. The van der Waals surface area contributed by atoms with Gasteiger partial charge in [0.1, 0.15) is 17.5 Å². The van der Waals surface area contributed by atoms with Crippen LogP contribution in [0.3, 0.4) is 0 Å². The Bertz CT molecular complexity index is 998. The highest BCUT2D eigenvalue weighted by Crippen LogP contribution is 2.24. The molecule has 22 heavy (non-hydrogen) atoms. The van der Waals surface area contributed by atoms with Gasteiger partial charge in [0.25, 0.3) is 0 Å². The summed E-state index contributed by atoms with van der Waals surface area (Å²) in [5.41, 5.74) is 2.97. The van der Waals surface area contributed by atoms with E-state index in [0.29, 0.717) is 11.9 Å². The number of H-pyrrole nitrogens is 1. The van der Waals surface area contributed by atoms with Crippen molar-refractivity contribution < 1.29 is 8.78 Å². The quantitative estimate of drug-likeness (QED) is 0.597. The molecule has 3 nitrogen and oxygen atoms in total. The van der Waals surface area contributed by atoms with Crippen molar-refractivity contribution in [2.24, 2.45) is 7.05 Å². The molecule has 0 amide bonds. The van der Waals surface area contributed by atoms with Gasteiger partial charge in [0.15, 0.2) is 0 Å². The Morgan fingerprint density at radius 2 is 2.05 bits per heavy atom. The first-order valence-electron chi connectivity index (χ1n) is 6.99. The van der Waals surface area contributed by atoms with Crippen LogP contribution in [-0.2, 0) is 13.5 Å². The van der Waals surface area contributed by atoms with Gasteiger partial charge in [-0.3, -0.25) is 0 Å². The summed E-state index contributed by atoms with van der Waals surface area (Å²) in [6.07, 6.45) is 2.35. The van der Waals surface area contributed by atoms with Crippen molar-refractivity contribution in [3.63, 3.8) is 0 Å². The highest BCUT2D eigenvalue weighted by molar-refractivity contribution is 5.84. The Kier molecular flexibility index (Phi) is 2.76. The van der Waals surface area contributed by atoms with E-state index in [9.17, 15) is 8.78 Å². The topological polar surface area (TPSA) is 33.6 Å². The molecule has 2 heterocycles.